The molecule has 182 valence electrons. The molecule has 0 amide bonds. The average Bonchev–Trinajstić information content (AvgIpc) is 3.22. The molecule has 10 heteroatoms. The number of hydrogen-bond acceptors (Lipinski definition) is 7. The largest absolute Gasteiger partial charge is 0.491 e. The molecule has 10 nitrogen and oxygen atoms in total. The van der Waals surface area contributed by atoms with Crippen molar-refractivity contribution in [2.45, 2.75) is 26.5 Å². The maximum absolute atomic E-state index is 13.0. The number of rotatable bonds is 8. The van der Waals surface area contributed by atoms with Crippen LogP contribution in [0.5, 0.6) is 5.75 Å². The van der Waals surface area contributed by atoms with Crippen molar-refractivity contribution in [3.8, 4) is 5.75 Å². The van der Waals surface area contributed by atoms with Gasteiger partial charge in [-0.05, 0) is 31.0 Å². The number of hydrazone groups is 1. The molecule has 2 N–H and O–H groups in total. The number of para-hydroxylation sites is 1. The number of fused-ring (bicyclic) bond motifs is 1. The molecule has 0 aliphatic carbocycles. The van der Waals surface area contributed by atoms with Crippen LogP contribution in [0.15, 0.2) is 69.3 Å². The second kappa shape index (κ2) is 9.98. The van der Waals surface area contributed by atoms with Gasteiger partial charge in [0.1, 0.15) is 18.5 Å². The predicted molar refractivity (Wildman–Crippen MR) is 135 cm³/mol. The molecule has 2 aromatic carbocycles. The number of benzene rings is 2. The number of aromatic nitrogens is 4. The molecule has 4 aromatic rings. The van der Waals surface area contributed by atoms with Crippen molar-refractivity contribution < 1.29 is 9.84 Å². The molecule has 2 heterocycles. The minimum atomic E-state index is -0.964. The summed E-state index contributed by atoms with van der Waals surface area (Å²) in [5.41, 5.74) is 4.84. The van der Waals surface area contributed by atoms with E-state index in [1.165, 1.54) is 16.2 Å². The number of aliphatic hydroxyl groups is 1. The first-order chi connectivity index (χ1) is 16.8. The number of nitrogens with zero attached hydrogens (tertiary/aromatic N) is 5. The van der Waals surface area contributed by atoms with Gasteiger partial charge in [-0.25, -0.2) is 10.2 Å². The first-order valence-electron chi connectivity index (χ1n) is 11.2. The van der Waals surface area contributed by atoms with E-state index in [4.69, 9.17) is 4.74 Å². The number of ether oxygens (including phenoxy) is 1. The fourth-order valence-electron chi connectivity index (χ4n) is 3.76. The van der Waals surface area contributed by atoms with Crippen molar-refractivity contribution in [2.24, 2.45) is 19.2 Å². The zero-order chi connectivity index (χ0) is 25.1. The fraction of sp³-hybridized carbons (Fsp3) is 0.280. The summed E-state index contributed by atoms with van der Waals surface area (Å²) in [6.07, 6.45) is -0.964. The summed E-state index contributed by atoms with van der Waals surface area (Å²) in [5, 5.41) is 15.2. The van der Waals surface area contributed by atoms with E-state index < -0.39 is 17.4 Å². The zero-order valence-corrected chi connectivity index (χ0v) is 20.1. The number of imidazole rings is 1. The van der Waals surface area contributed by atoms with Crippen LogP contribution in [-0.4, -0.2) is 42.2 Å². The maximum Gasteiger partial charge on any atom is 0.332 e. The highest BCUT2D eigenvalue weighted by Gasteiger charge is 2.21. The molecule has 0 fully saturated rings. The SMILES string of the molecule is C/C(=N\Nc1nc2c(c(=O)n(C)c(=O)n2C)n1C[C@H](O)COc1ccccc1C)c1ccccc1. The first-order valence-corrected chi connectivity index (χ1v) is 11.2. The van der Waals surface area contributed by atoms with Gasteiger partial charge in [0.05, 0.1) is 12.3 Å². The van der Waals surface area contributed by atoms with Crippen LogP contribution in [0, 0.1) is 6.92 Å². The third-order valence-electron chi connectivity index (χ3n) is 5.78. The minimum Gasteiger partial charge on any atom is -0.491 e. The Morgan fingerprint density at radius 1 is 1.09 bits per heavy atom. The van der Waals surface area contributed by atoms with Gasteiger partial charge < -0.3 is 14.4 Å². The van der Waals surface area contributed by atoms with Crippen LogP contribution in [0.3, 0.4) is 0 Å². The molecule has 0 saturated heterocycles. The van der Waals surface area contributed by atoms with Crippen LogP contribution in [0.1, 0.15) is 18.1 Å². The highest BCUT2D eigenvalue weighted by Crippen LogP contribution is 2.19. The van der Waals surface area contributed by atoms with E-state index in [2.05, 4.69) is 15.5 Å². The van der Waals surface area contributed by atoms with E-state index in [-0.39, 0.29) is 30.3 Å². The van der Waals surface area contributed by atoms with Crippen LogP contribution in [0.4, 0.5) is 5.95 Å². The van der Waals surface area contributed by atoms with Gasteiger partial charge in [0, 0.05) is 14.1 Å². The van der Waals surface area contributed by atoms with Crippen LogP contribution < -0.4 is 21.4 Å². The Balaban J connectivity index is 1.70. The highest BCUT2D eigenvalue weighted by atomic mass is 16.5. The third-order valence-corrected chi connectivity index (χ3v) is 5.78. The molecule has 0 bridgehead atoms. The van der Waals surface area contributed by atoms with Crippen molar-refractivity contribution >= 4 is 22.8 Å². The lowest BCUT2D eigenvalue weighted by molar-refractivity contribution is 0.0935. The van der Waals surface area contributed by atoms with Crippen LogP contribution >= 0.6 is 0 Å². The van der Waals surface area contributed by atoms with E-state index >= 15 is 0 Å². The molecule has 0 spiro atoms. The summed E-state index contributed by atoms with van der Waals surface area (Å²) in [6.45, 7) is 3.76. The smallest absolute Gasteiger partial charge is 0.332 e. The summed E-state index contributed by atoms with van der Waals surface area (Å²) >= 11 is 0. The molecule has 0 aliphatic heterocycles. The van der Waals surface area contributed by atoms with Crippen LogP contribution in [0.25, 0.3) is 11.2 Å². The summed E-state index contributed by atoms with van der Waals surface area (Å²) in [7, 11) is 2.95. The molecular formula is C25H28N6O4. The lowest BCUT2D eigenvalue weighted by Gasteiger charge is -2.16. The zero-order valence-electron chi connectivity index (χ0n) is 20.1. The van der Waals surface area contributed by atoms with Gasteiger partial charge in [-0.15, -0.1) is 0 Å². The van der Waals surface area contributed by atoms with E-state index in [1.54, 1.807) is 7.05 Å². The van der Waals surface area contributed by atoms with Gasteiger partial charge >= 0.3 is 5.69 Å². The lowest BCUT2D eigenvalue weighted by atomic mass is 10.1. The Labute approximate surface area is 201 Å². The van der Waals surface area contributed by atoms with Gasteiger partial charge in [-0.1, -0.05) is 48.5 Å². The monoisotopic (exact) mass is 476 g/mol. The Bertz CT molecular complexity index is 1500. The normalized spacial score (nSPS) is 12.7. The quantitative estimate of drug-likeness (QED) is 0.297. The predicted octanol–water partition coefficient (Wildman–Crippen LogP) is 2.02. The van der Waals surface area contributed by atoms with Gasteiger partial charge in [-0.3, -0.25) is 13.9 Å². The molecule has 2 aromatic heterocycles. The third kappa shape index (κ3) is 4.87. The Kier molecular flexibility index (Phi) is 6.83. The van der Waals surface area contributed by atoms with Gasteiger partial charge in [0.2, 0.25) is 5.95 Å². The van der Waals surface area contributed by atoms with E-state index in [1.807, 2.05) is 68.4 Å². The van der Waals surface area contributed by atoms with Gasteiger partial charge in [0.25, 0.3) is 5.56 Å². The molecule has 0 unspecified atom stereocenters. The number of aryl methyl sites for hydroxylation is 2. The van der Waals surface area contributed by atoms with E-state index in [9.17, 15) is 14.7 Å². The summed E-state index contributed by atoms with van der Waals surface area (Å²) in [5.74, 6) is 0.894. The van der Waals surface area contributed by atoms with Gasteiger partial charge in [0.15, 0.2) is 11.2 Å². The van der Waals surface area contributed by atoms with Crippen LogP contribution in [0.2, 0.25) is 0 Å². The first kappa shape index (κ1) is 24.0. The van der Waals surface area contributed by atoms with Crippen molar-refractivity contribution in [2.75, 3.05) is 12.0 Å². The Morgan fingerprint density at radius 3 is 2.49 bits per heavy atom. The average molecular weight is 477 g/mol. The second-order valence-electron chi connectivity index (χ2n) is 8.33. The van der Waals surface area contributed by atoms with Crippen molar-refractivity contribution in [1.82, 2.24) is 18.7 Å². The maximum atomic E-state index is 13.0. The lowest BCUT2D eigenvalue weighted by Crippen LogP contribution is -2.38. The van der Waals surface area contributed by atoms with Crippen LogP contribution in [-0.2, 0) is 20.6 Å². The molecule has 35 heavy (non-hydrogen) atoms. The number of anilines is 1. The molecule has 0 aliphatic rings. The number of nitrogens with one attached hydrogen (secondary N) is 1. The molecule has 0 radical (unpaired) electrons. The molecule has 4 rings (SSSR count). The number of hydrogen-bond donors (Lipinski definition) is 2. The number of aliphatic hydroxyl groups excluding tert-OH is 1. The minimum absolute atomic E-state index is 0.00192. The van der Waals surface area contributed by atoms with Crippen molar-refractivity contribution in [3.63, 3.8) is 0 Å². The summed E-state index contributed by atoms with van der Waals surface area (Å²) < 4.78 is 9.62. The summed E-state index contributed by atoms with van der Waals surface area (Å²) in [4.78, 5) is 29.9. The Hall–Kier alpha value is -4.18. The molecule has 1 atom stereocenters. The van der Waals surface area contributed by atoms with E-state index in [0.29, 0.717) is 11.5 Å². The summed E-state index contributed by atoms with van der Waals surface area (Å²) in [6, 6.07) is 17.1. The van der Waals surface area contributed by atoms with Crippen molar-refractivity contribution in [1.29, 1.82) is 0 Å². The highest BCUT2D eigenvalue weighted by molar-refractivity contribution is 5.99. The Morgan fingerprint density at radius 2 is 1.77 bits per heavy atom. The fourth-order valence-corrected chi connectivity index (χ4v) is 3.76. The molecule has 0 saturated carbocycles. The second-order valence-corrected chi connectivity index (χ2v) is 8.33. The van der Waals surface area contributed by atoms with E-state index in [0.717, 1.165) is 15.7 Å². The van der Waals surface area contributed by atoms with Crippen molar-refractivity contribution in [3.05, 3.63) is 86.6 Å². The standard InChI is InChI=1S/C25H28N6O4/c1-16-10-8-9-13-20(16)35-15-19(32)14-31-21-22(29(3)25(34)30(4)23(21)33)26-24(31)28-27-17(2)18-11-6-5-7-12-18/h5-13,19,32H,14-15H2,1-4H3,(H,26,28)/b27-17+/t19-/m0/s1. The topological polar surface area (TPSA) is 116 Å². The van der Waals surface area contributed by atoms with Gasteiger partial charge in [-0.2, -0.15) is 10.1 Å². The molecular weight excluding hydrogens is 448 g/mol.